The summed E-state index contributed by atoms with van der Waals surface area (Å²) in [7, 11) is 0. The first-order chi connectivity index (χ1) is 10.1. The van der Waals surface area contributed by atoms with E-state index in [9.17, 15) is 13.6 Å². The van der Waals surface area contributed by atoms with Crippen molar-refractivity contribution in [2.45, 2.75) is 44.2 Å². The SMILES string of the molecule is CC1NCCCC1NC(=O)C1CC1c1ccc(F)c(F)c1. The number of halogens is 2. The molecule has 0 spiro atoms. The van der Waals surface area contributed by atoms with Crippen LogP contribution in [0.2, 0.25) is 0 Å². The van der Waals surface area contributed by atoms with Gasteiger partial charge in [-0.1, -0.05) is 6.07 Å². The molecular weight excluding hydrogens is 274 g/mol. The molecule has 1 saturated carbocycles. The van der Waals surface area contributed by atoms with Gasteiger partial charge in [0.2, 0.25) is 5.91 Å². The van der Waals surface area contributed by atoms with Crippen molar-refractivity contribution in [3.8, 4) is 0 Å². The lowest BCUT2D eigenvalue weighted by atomic mass is 9.99. The molecule has 1 aliphatic heterocycles. The molecule has 1 aromatic carbocycles. The number of piperidine rings is 1. The van der Waals surface area contributed by atoms with Crippen LogP contribution in [-0.4, -0.2) is 24.5 Å². The zero-order valence-corrected chi connectivity index (χ0v) is 12.0. The van der Waals surface area contributed by atoms with Crippen LogP contribution in [0.1, 0.15) is 37.7 Å². The summed E-state index contributed by atoms with van der Waals surface area (Å²) < 4.78 is 26.2. The Morgan fingerprint density at radius 3 is 2.86 bits per heavy atom. The fourth-order valence-electron chi connectivity index (χ4n) is 3.13. The maximum absolute atomic E-state index is 13.2. The number of benzene rings is 1. The molecule has 2 N–H and O–H groups in total. The van der Waals surface area contributed by atoms with Crippen molar-refractivity contribution >= 4 is 5.91 Å². The molecule has 5 heteroatoms. The third-order valence-corrected chi connectivity index (χ3v) is 4.59. The van der Waals surface area contributed by atoms with Crippen LogP contribution in [0, 0.1) is 17.6 Å². The Hall–Kier alpha value is -1.49. The monoisotopic (exact) mass is 294 g/mol. The van der Waals surface area contributed by atoms with Gasteiger partial charge < -0.3 is 10.6 Å². The van der Waals surface area contributed by atoms with Gasteiger partial charge in [0.15, 0.2) is 11.6 Å². The average Bonchev–Trinajstić information content (AvgIpc) is 3.25. The standard InChI is InChI=1S/C16H20F2N2O/c1-9-15(3-2-6-19-9)20-16(21)12-8-11(12)10-4-5-13(17)14(18)7-10/h4-5,7,9,11-12,15,19H,2-3,6,8H2,1H3,(H,20,21). The van der Waals surface area contributed by atoms with Gasteiger partial charge >= 0.3 is 0 Å². The molecule has 3 nitrogen and oxygen atoms in total. The first kappa shape index (κ1) is 14.4. The second-order valence-corrected chi connectivity index (χ2v) is 6.12. The van der Waals surface area contributed by atoms with E-state index in [2.05, 4.69) is 17.6 Å². The van der Waals surface area contributed by atoms with Crippen LogP contribution >= 0.6 is 0 Å². The Labute approximate surface area is 123 Å². The first-order valence-corrected chi connectivity index (χ1v) is 7.55. The molecule has 21 heavy (non-hydrogen) atoms. The molecule has 0 radical (unpaired) electrons. The molecule has 2 fully saturated rings. The lowest BCUT2D eigenvalue weighted by Crippen LogP contribution is -2.52. The van der Waals surface area contributed by atoms with Gasteiger partial charge in [-0.2, -0.15) is 0 Å². The largest absolute Gasteiger partial charge is 0.352 e. The van der Waals surface area contributed by atoms with E-state index < -0.39 is 11.6 Å². The summed E-state index contributed by atoms with van der Waals surface area (Å²) in [4.78, 5) is 12.2. The van der Waals surface area contributed by atoms with E-state index in [1.807, 2.05) is 0 Å². The Morgan fingerprint density at radius 1 is 1.33 bits per heavy atom. The average molecular weight is 294 g/mol. The molecule has 1 amide bonds. The van der Waals surface area contributed by atoms with Crippen molar-refractivity contribution in [2.75, 3.05) is 6.54 Å². The van der Waals surface area contributed by atoms with Crippen LogP contribution in [0.5, 0.6) is 0 Å². The minimum atomic E-state index is -0.845. The lowest BCUT2D eigenvalue weighted by molar-refractivity contribution is -0.123. The summed E-state index contributed by atoms with van der Waals surface area (Å²) in [5, 5.41) is 6.43. The van der Waals surface area contributed by atoms with Crippen molar-refractivity contribution in [2.24, 2.45) is 5.92 Å². The summed E-state index contributed by atoms with van der Waals surface area (Å²) in [5.74, 6) is -1.74. The van der Waals surface area contributed by atoms with Gasteiger partial charge in [-0.05, 0) is 56.3 Å². The zero-order chi connectivity index (χ0) is 15.0. The van der Waals surface area contributed by atoms with E-state index in [-0.39, 0.29) is 29.8 Å². The van der Waals surface area contributed by atoms with Crippen LogP contribution in [-0.2, 0) is 4.79 Å². The molecule has 1 heterocycles. The normalized spacial score (nSPS) is 31.8. The maximum atomic E-state index is 13.2. The molecule has 114 valence electrons. The molecule has 4 unspecified atom stereocenters. The second kappa shape index (κ2) is 5.72. The smallest absolute Gasteiger partial charge is 0.224 e. The van der Waals surface area contributed by atoms with Gasteiger partial charge in [0.25, 0.3) is 0 Å². The first-order valence-electron chi connectivity index (χ1n) is 7.55. The zero-order valence-electron chi connectivity index (χ0n) is 12.0. The maximum Gasteiger partial charge on any atom is 0.224 e. The van der Waals surface area contributed by atoms with Crippen molar-refractivity contribution in [3.63, 3.8) is 0 Å². The minimum absolute atomic E-state index is 0.0203. The summed E-state index contributed by atoms with van der Waals surface area (Å²) in [5.41, 5.74) is 0.712. The number of hydrogen-bond donors (Lipinski definition) is 2. The van der Waals surface area contributed by atoms with Gasteiger partial charge in [0.1, 0.15) is 0 Å². The van der Waals surface area contributed by atoms with Gasteiger partial charge in [-0.25, -0.2) is 8.78 Å². The Kier molecular flexibility index (Phi) is 3.93. The fourth-order valence-corrected chi connectivity index (χ4v) is 3.13. The van der Waals surface area contributed by atoms with Crippen LogP contribution in [0.15, 0.2) is 18.2 Å². The van der Waals surface area contributed by atoms with Crippen molar-refractivity contribution in [3.05, 3.63) is 35.4 Å². The third kappa shape index (κ3) is 3.07. The highest BCUT2D eigenvalue weighted by molar-refractivity contribution is 5.83. The summed E-state index contributed by atoms with van der Waals surface area (Å²) in [6, 6.07) is 4.35. The van der Waals surface area contributed by atoms with E-state index >= 15 is 0 Å². The Bertz CT molecular complexity index is 549. The van der Waals surface area contributed by atoms with E-state index in [1.165, 1.54) is 6.07 Å². The van der Waals surface area contributed by atoms with Gasteiger partial charge in [-0.15, -0.1) is 0 Å². The van der Waals surface area contributed by atoms with Crippen molar-refractivity contribution in [1.29, 1.82) is 0 Å². The molecular formula is C16H20F2N2O. The van der Waals surface area contributed by atoms with Gasteiger partial charge in [0.05, 0.1) is 0 Å². The van der Waals surface area contributed by atoms with Crippen LogP contribution in [0.4, 0.5) is 8.78 Å². The molecule has 1 aromatic rings. The molecule has 1 aliphatic carbocycles. The summed E-state index contributed by atoms with van der Waals surface area (Å²) in [6.07, 6.45) is 2.76. The molecule has 1 saturated heterocycles. The Balaban J connectivity index is 1.59. The fraction of sp³-hybridized carbons (Fsp3) is 0.562. The highest BCUT2D eigenvalue weighted by atomic mass is 19.2. The molecule has 2 aliphatic rings. The van der Waals surface area contributed by atoms with E-state index in [0.29, 0.717) is 12.0 Å². The van der Waals surface area contributed by atoms with Crippen LogP contribution in [0.3, 0.4) is 0 Å². The molecule has 0 aromatic heterocycles. The summed E-state index contributed by atoms with van der Waals surface area (Å²) >= 11 is 0. The van der Waals surface area contributed by atoms with E-state index in [4.69, 9.17) is 0 Å². The highest BCUT2D eigenvalue weighted by Crippen LogP contribution is 2.47. The number of rotatable bonds is 3. The van der Waals surface area contributed by atoms with E-state index in [0.717, 1.165) is 25.5 Å². The van der Waals surface area contributed by atoms with E-state index in [1.54, 1.807) is 6.07 Å². The van der Waals surface area contributed by atoms with Crippen LogP contribution in [0.25, 0.3) is 0 Å². The van der Waals surface area contributed by atoms with Crippen molar-refractivity contribution < 1.29 is 13.6 Å². The quantitative estimate of drug-likeness (QED) is 0.898. The Morgan fingerprint density at radius 2 is 2.14 bits per heavy atom. The number of carbonyl (C=O) groups is 1. The van der Waals surface area contributed by atoms with Crippen molar-refractivity contribution in [1.82, 2.24) is 10.6 Å². The third-order valence-electron chi connectivity index (χ3n) is 4.59. The topological polar surface area (TPSA) is 41.1 Å². The number of carbonyl (C=O) groups excluding carboxylic acids is 1. The lowest BCUT2D eigenvalue weighted by Gasteiger charge is -2.30. The number of nitrogens with one attached hydrogen (secondary N) is 2. The highest BCUT2D eigenvalue weighted by Gasteiger charge is 2.45. The number of amides is 1. The molecule has 3 rings (SSSR count). The predicted molar refractivity (Wildman–Crippen MR) is 75.8 cm³/mol. The summed E-state index contributed by atoms with van der Waals surface area (Å²) in [6.45, 7) is 3.07. The van der Waals surface area contributed by atoms with Gasteiger partial charge in [0, 0.05) is 18.0 Å². The molecule has 4 atom stereocenters. The van der Waals surface area contributed by atoms with Gasteiger partial charge in [-0.3, -0.25) is 4.79 Å². The predicted octanol–water partition coefficient (Wildman–Crippen LogP) is 2.33. The second-order valence-electron chi connectivity index (χ2n) is 6.12. The van der Waals surface area contributed by atoms with Crippen LogP contribution < -0.4 is 10.6 Å². The molecule has 0 bridgehead atoms. The minimum Gasteiger partial charge on any atom is -0.352 e. The number of hydrogen-bond acceptors (Lipinski definition) is 2.